The Morgan fingerprint density at radius 2 is 1.64 bits per heavy atom. The van der Waals surface area contributed by atoms with E-state index < -0.39 is 0 Å². The molecule has 5 heteroatoms. The molecule has 2 rings (SSSR count). The fourth-order valence-electron chi connectivity index (χ4n) is 3.25. The molecule has 0 heterocycles. The predicted octanol–water partition coefficient (Wildman–Crippen LogP) is 3.56. The van der Waals surface area contributed by atoms with E-state index in [-0.39, 0.29) is 24.4 Å². The molecule has 0 aromatic heterocycles. The average molecular weight is 382 g/mol. The minimum Gasteiger partial charge on any atom is -0.335 e. The summed E-state index contributed by atoms with van der Waals surface area (Å²) in [5, 5.41) is 2.92. The number of nitrogens with one attached hydrogen (secondary N) is 1. The highest BCUT2D eigenvalue weighted by Crippen LogP contribution is 2.15. The highest BCUT2D eigenvalue weighted by molar-refractivity contribution is 5.95. The van der Waals surface area contributed by atoms with E-state index in [1.165, 1.54) is 10.5 Å². The van der Waals surface area contributed by atoms with Gasteiger partial charge < -0.3 is 10.2 Å². The van der Waals surface area contributed by atoms with Crippen LogP contribution in [0, 0.1) is 0 Å². The summed E-state index contributed by atoms with van der Waals surface area (Å²) in [5.41, 5.74) is 3.06. The van der Waals surface area contributed by atoms with Gasteiger partial charge in [0.2, 0.25) is 11.8 Å². The van der Waals surface area contributed by atoms with Gasteiger partial charge in [0.1, 0.15) is 0 Å². The summed E-state index contributed by atoms with van der Waals surface area (Å²) in [6.45, 7) is 7.48. The van der Waals surface area contributed by atoms with E-state index in [2.05, 4.69) is 22.3 Å². The van der Waals surface area contributed by atoms with Crippen LogP contribution in [0.15, 0.2) is 54.6 Å². The molecule has 0 saturated carbocycles. The van der Waals surface area contributed by atoms with Gasteiger partial charge in [-0.3, -0.25) is 14.5 Å². The molecule has 0 aliphatic carbocycles. The molecular weight excluding hydrogens is 350 g/mol. The third-order valence-corrected chi connectivity index (χ3v) is 4.97. The average Bonchev–Trinajstić information content (AvgIpc) is 2.71. The number of benzene rings is 2. The summed E-state index contributed by atoms with van der Waals surface area (Å²) < 4.78 is 0. The van der Waals surface area contributed by atoms with Crippen molar-refractivity contribution in [1.82, 2.24) is 9.80 Å². The summed E-state index contributed by atoms with van der Waals surface area (Å²) >= 11 is 0. The van der Waals surface area contributed by atoms with Crippen LogP contribution in [-0.4, -0.2) is 47.8 Å². The molecule has 0 radical (unpaired) electrons. The smallest absolute Gasteiger partial charge is 0.243 e. The lowest BCUT2D eigenvalue weighted by molar-refractivity contribution is -0.137. The molecule has 0 aliphatic rings. The second kappa shape index (κ2) is 10.6. The first-order chi connectivity index (χ1) is 13.5. The Morgan fingerprint density at radius 3 is 2.29 bits per heavy atom. The van der Waals surface area contributed by atoms with Crippen molar-refractivity contribution in [3.8, 4) is 0 Å². The molecule has 0 fully saturated rings. The van der Waals surface area contributed by atoms with Crippen LogP contribution in [-0.2, 0) is 22.6 Å². The standard InChI is InChI=1S/C23H31N3O2/c1-5-20-14-10-11-15-21(20)24-22(27)17-25(4)23(28)18(3)26(6-2)16-19-12-8-7-9-13-19/h7-15,18H,5-6,16-17H2,1-4H3,(H,24,27). The van der Waals surface area contributed by atoms with Gasteiger partial charge in [-0.25, -0.2) is 0 Å². The van der Waals surface area contributed by atoms with Gasteiger partial charge in [-0.05, 0) is 37.1 Å². The van der Waals surface area contributed by atoms with Crippen LogP contribution in [0.25, 0.3) is 0 Å². The van der Waals surface area contributed by atoms with Gasteiger partial charge in [-0.2, -0.15) is 0 Å². The summed E-state index contributed by atoms with van der Waals surface area (Å²) in [6, 6.07) is 17.5. The zero-order valence-corrected chi connectivity index (χ0v) is 17.3. The Balaban J connectivity index is 1.95. The number of rotatable bonds is 9. The molecule has 0 saturated heterocycles. The van der Waals surface area contributed by atoms with Gasteiger partial charge in [0.05, 0.1) is 12.6 Å². The van der Waals surface area contributed by atoms with Crippen LogP contribution in [0.1, 0.15) is 31.9 Å². The topological polar surface area (TPSA) is 52.7 Å². The van der Waals surface area contributed by atoms with Crippen LogP contribution in [0.4, 0.5) is 5.69 Å². The minimum absolute atomic E-state index is 0.0319. The number of anilines is 1. The van der Waals surface area contributed by atoms with E-state index in [0.29, 0.717) is 6.54 Å². The van der Waals surface area contributed by atoms with Crippen molar-refractivity contribution >= 4 is 17.5 Å². The van der Waals surface area contributed by atoms with E-state index in [0.717, 1.165) is 24.2 Å². The fraction of sp³-hybridized carbons (Fsp3) is 0.391. The first-order valence-corrected chi connectivity index (χ1v) is 9.86. The first kappa shape index (κ1) is 21.6. The number of hydrogen-bond acceptors (Lipinski definition) is 3. The monoisotopic (exact) mass is 381 g/mol. The summed E-state index contributed by atoms with van der Waals surface area (Å²) in [7, 11) is 1.68. The maximum Gasteiger partial charge on any atom is 0.243 e. The summed E-state index contributed by atoms with van der Waals surface area (Å²) in [4.78, 5) is 28.9. The van der Waals surface area contributed by atoms with E-state index in [1.54, 1.807) is 7.05 Å². The lowest BCUT2D eigenvalue weighted by atomic mass is 10.1. The zero-order valence-electron chi connectivity index (χ0n) is 17.3. The number of nitrogens with zero attached hydrogens (tertiary/aromatic N) is 2. The predicted molar refractivity (Wildman–Crippen MR) is 114 cm³/mol. The van der Waals surface area contributed by atoms with E-state index in [1.807, 2.05) is 63.2 Å². The Kier molecular flexibility index (Phi) is 8.20. The molecule has 0 spiro atoms. The third-order valence-electron chi connectivity index (χ3n) is 4.97. The van der Waals surface area contributed by atoms with Gasteiger partial charge in [0.25, 0.3) is 0 Å². The number of aryl methyl sites for hydroxylation is 1. The molecule has 1 N–H and O–H groups in total. The number of carbonyl (C=O) groups is 2. The van der Waals surface area contributed by atoms with Crippen molar-refractivity contribution in [3.05, 3.63) is 65.7 Å². The number of amides is 2. The second-order valence-electron chi connectivity index (χ2n) is 6.98. The second-order valence-corrected chi connectivity index (χ2v) is 6.98. The van der Waals surface area contributed by atoms with Gasteiger partial charge in [0.15, 0.2) is 0 Å². The van der Waals surface area contributed by atoms with Crippen molar-refractivity contribution in [1.29, 1.82) is 0 Å². The van der Waals surface area contributed by atoms with Crippen LogP contribution >= 0.6 is 0 Å². The van der Waals surface area contributed by atoms with Crippen LogP contribution in [0.3, 0.4) is 0 Å². The number of likely N-dealkylation sites (N-methyl/N-ethyl adjacent to an activating group) is 2. The van der Waals surface area contributed by atoms with E-state index in [4.69, 9.17) is 0 Å². The molecule has 2 aromatic carbocycles. The fourth-order valence-corrected chi connectivity index (χ4v) is 3.25. The van der Waals surface area contributed by atoms with Crippen molar-refractivity contribution in [2.45, 2.75) is 39.8 Å². The molecule has 1 unspecified atom stereocenters. The Labute approximate surface area is 168 Å². The number of carbonyl (C=O) groups excluding carboxylic acids is 2. The Morgan fingerprint density at radius 1 is 1.00 bits per heavy atom. The van der Waals surface area contributed by atoms with E-state index >= 15 is 0 Å². The Hall–Kier alpha value is -2.66. The van der Waals surface area contributed by atoms with Gasteiger partial charge in [-0.1, -0.05) is 62.4 Å². The maximum atomic E-state index is 12.8. The molecule has 0 bridgehead atoms. The molecule has 28 heavy (non-hydrogen) atoms. The first-order valence-electron chi connectivity index (χ1n) is 9.86. The Bertz CT molecular complexity index is 776. The van der Waals surface area contributed by atoms with Crippen LogP contribution in [0.2, 0.25) is 0 Å². The molecule has 1 atom stereocenters. The maximum absolute atomic E-state index is 12.8. The summed E-state index contributed by atoms with van der Waals surface area (Å²) in [5.74, 6) is -0.244. The normalized spacial score (nSPS) is 11.9. The van der Waals surface area contributed by atoms with Crippen molar-refractivity contribution in [2.75, 3.05) is 25.5 Å². The lowest BCUT2D eigenvalue weighted by Gasteiger charge is -2.30. The van der Waals surface area contributed by atoms with E-state index in [9.17, 15) is 9.59 Å². The lowest BCUT2D eigenvalue weighted by Crippen LogP contribution is -2.47. The number of para-hydroxylation sites is 1. The van der Waals surface area contributed by atoms with Crippen LogP contribution < -0.4 is 5.32 Å². The highest BCUT2D eigenvalue weighted by Gasteiger charge is 2.24. The SMILES string of the molecule is CCc1ccccc1NC(=O)CN(C)C(=O)C(C)N(CC)Cc1ccccc1. The van der Waals surface area contributed by atoms with Gasteiger partial charge in [-0.15, -0.1) is 0 Å². The molecule has 150 valence electrons. The molecular formula is C23H31N3O2. The molecule has 2 amide bonds. The summed E-state index contributed by atoms with van der Waals surface area (Å²) in [6.07, 6.45) is 0.840. The molecule has 0 aliphatic heterocycles. The highest BCUT2D eigenvalue weighted by atomic mass is 16.2. The molecule has 2 aromatic rings. The third kappa shape index (κ3) is 5.92. The van der Waals surface area contributed by atoms with Crippen molar-refractivity contribution in [3.63, 3.8) is 0 Å². The van der Waals surface area contributed by atoms with Gasteiger partial charge in [0, 0.05) is 19.3 Å². The number of hydrogen-bond donors (Lipinski definition) is 1. The molecule has 5 nitrogen and oxygen atoms in total. The van der Waals surface area contributed by atoms with Crippen molar-refractivity contribution in [2.24, 2.45) is 0 Å². The van der Waals surface area contributed by atoms with Crippen LogP contribution in [0.5, 0.6) is 0 Å². The zero-order chi connectivity index (χ0) is 20.5. The largest absolute Gasteiger partial charge is 0.335 e. The van der Waals surface area contributed by atoms with Gasteiger partial charge >= 0.3 is 0 Å². The minimum atomic E-state index is -0.300. The quantitative estimate of drug-likeness (QED) is 0.723. The van der Waals surface area contributed by atoms with Crippen molar-refractivity contribution < 1.29 is 9.59 Å².